The van der Waals surface area contributed by atoms with Gasteiger partial charge in [-0.25, -0.2) is 0 Å². The van der Waals surface area contributed by atoms with Crippen LogP contribution < -0.4 is 0 Å². The lowest BCUT2D eigenvalue weighted by molar-refractivity contribution is 0.415. The molecule has 0 spiro atoms. The smallest absolute Gasteiger partial charge is 0.246 e. The van der Waals surface area contributed by atoms with Gasteiger partial charge in [-0.05, 0) is 18.4 Å². The summed E-state index contributed by atoms with van der Waals surface area (Å²) in [5, 5.41) is 0. The van der Waals surface area contributed by atoms with Crippen molar-refractivity contribution >= 4 is 7.37 Å². The Hall–Kier alpha value is -0.670. The molecule has 1 rings (SSSR count). The fraction of sp³-hybridized carbons (Fsp3) is 0.429. The van der Waals surface area contributed by atoms with Crippen LogP contribution >= 0.6 is 7.37 Å². The number of terminal acetylenes is 1. The molecule has 0 aromatic rings. The zero-order chi connectivity index (χ0) is 7.61. The lowest BCUT2D eigenvalue weighted by Crippen LogP contribution is -1.98. The van der Waals surface area contributed by atoms with E-state index in [9.17, 15) is 4.57 Å². The summed E-state index contributed by atoms with van der Waals surface area (Å²) in [5.41, 5.74) is 0. The summed E-state index contributed by atoms with van der Waals surface area (Å²) in [5.74, 6) is 2.75. The monoisotopic (exact) mass is 156 g/mol. The van der Waals surface area contributed by atoms with Crippen LogP contribution in [0.1, 0.15) is 6.42 Å². The van der Waals surface area contributed by atoms with Gasteiger partial charge in [-0.3, -0.25) is 4.57 Å². The van der Waals surface area contributed by atoms with Crippen molar-refractivity contribution < 1.29 is 9.09 Å². The Morgan fingerprint density at radius 1 is 1.90 bits per heavy atom. The second-order valence-corrected chi connectivity index (χ2v) is 4.99. The molecular weight excluding hydrogens is 147 g/mol. The molecule has 54 valence electrons. The minimum Gasteiger partial charge on any atom is -0.435 e. The van der Waals surface area contributed by atoms with Crippen molar-refractivity contribution in [3.63, 3.8) is 0 Å². The van der Waals surface area contributed by atoms with Crippen molar-refractivity contribution in [2.24, 2.45) is 0 Å². The molecule has 0 radical (unpaired) electrons. The summed E-state index contributed by atoms with van der Waals surface area (Å²) >= 11 is 0. The molecule has 0 aromatic heterocycles. The molecule has 0 aliphatic carbocycles. The summed E-state index contributed by atoms with van der Waals surface area (Å²) < 4.78 is 16.2. The van der Waals surface area contributed by atoms with E-state index < -0.39 is 7.37 Å². The first-order chi connectivity index (χ1) is 4.64. The third kappa shape index (κ3) is 1.65. The Balaban J connectivity index is 2.78. The highest BCUT2D eigenvalue weighted by Gasteiger charge is 2.20. The van der Waals surface area contributed by atoms with E-state index >= 15 is 0 Å². The maximum absolute atomic E-state index is 11.2. The van der Waals surface area contributed by atoms with E-state index in [1.807, 2.05) is 0 Å². The van der Waals surface area contributed by atoms with Gasteiger partial charge < -0.3 is 4.52 Å². The Kier molecular flexibility index (Phi) is 1.87. The molecule has 0 saturated carbocycles. The van der Waals surface area contributed by atoms with Crippen molar-refractivity contribution in [2.75, 3.05) is 12.8 Å². The Labute approximate surface area is 60.7 Å². The van der Waals surface area contributed by atoms with Crippen LogP contribution in [-0.2, 0) is 9.09 Å². The average Bonchev–Trinajstić information content (AvgIpc) is 1.86. The van der Waals surface area contributed by atoms with Gasteiger partial charge >= 0.3 is 0 Å². The van der Waals surface area contributed by atoms with Crippen LogP contribution in [-0.4, -0.2) is 12.8 Å². The number of allylic oxidation sites excluding steroid dienone is 2. The van der Waals surface area contributed by atoms with Gasteiger partial charge in [0, 0.05) is 12.8 Å². The minimum atomic E-state index is -2.37. The summed E-state index contributed by atoms with van der Waals surface area (Å²) in [6.07, 6.45) is 8.23. The van der Waals surface area contributed by atoms with Crippen molar-refractivity contribution in [2.45, 2.75) is 6.42 Å². The molecule has 0 bridgehead atoms. The molecular formula is C7H9O2P. The summed E-state index contributed by atoms with van der Waals surface area (Å²) in [7, 11) is -2.37. The van der Waals surface area contributed by atoms with Crippen LogP contribution in [0.15, 0.2) is 11.8 Å². The van der Waals surface area contributed by atoms with Gasteiger partial charge in [-0.1, -0.05) is 0 Å². The van der Waals surface area contributed by atoms with Crippen molar-refractivity contribution in [1.29, 1.82) is 0 Å². The lowest BCUT2D eigenvalue weighted by Gasteiger charge is -2.17. The largest absolute Gasteiger partial charge is 0.435 e. The van der Waals surface area contributed by atoms with Gasteiger partial charge in [0.2, 0.25) is 7.37 Å². The predicted octanol–water partition coefficient (Wildman–Crippen LogP) is 1.83. The normalized spacial score (nSPS) is 31.8. The molecule has 1 unspecified atom stereocenters. The van der Waals surface area contributed by atoms with Gasteiger partial charge in [-0.2, -0.15) is 0 Å². The second-order valence-electron chi connectivity index (χ2n) is 2.33. The first-order valence-electron chi connectivity index (χ1n) is 3.07. The van der Waals surface area contributed by atoms with Gasteiger partial charge in [0.05, 0.1) is 0 Å². The van der Waals surface area contributed by atoms with Crippen LogP contribution in [0, 0.1) is 12.3 Å². The maximum Gasteiger partial charge on any atom is 0.246 e. The molecule has 0 N–H and O–H groups in total. The van der Waals surface area contributed by atoms with Crippen LogP contribution in [0.3, 0.4) is 0 Å². The average molecular weight is 156 g/mol. The topological polar surface area (TPSA) is 26.3 Å². The van der Waals surface area contributed by atoms with Crippen LogP contribution in [0.25, 0.3) is 0 Å². The standard InChI is InChI=1S/C7H9O2P/c1-3-7-5-4-6-10(2,8)9-7/h1,5H,4,6H2,2H3. The fourth-order valence-electron chi connectivity index (χ4n) is 0.806. The number of hydrogen-bond acceptors (Lipinski definition) is 2. The Bertz CT molecular complexity index is 247. The number of rotatable bonds is 0. The number of hydrogen-bond donors (Lipinski definition) is 0. The SMILES string of the molecule is C#CC1=CCCP(C)(=O)O1. The molecule has 1 aliphatic rings. The van der Waals surface area contributed by atoms with E-state index in [0.717, 1.165) is 6.42 Å². The molecule has 0 saturated heterocycles. The molecule has 1 heterocycles. The summed E-state index contributed by atoms with van der Waals surface area (Å²) in [4.78, 5) is 0. The van der Waals surface area contributed by atoms with E-state index in [0.29, 0.717) is 11.9 Å². The second kappa shape index (κ2) is 2.52. The van der Waals surface area contributed by atoms with E-state index in [1.54, 1.807) is 12.7 Å². The van der Waals surface area contributed by atoms with Crippen LogP contribution in [0.5, 0.6) is 0 Å². The summed E-state index contributed by atoms with van der Waals surface area (Å²) in [6.45, 7) is 1.61. The highest BCUT2D eigenvalue weighted by atomic mass is 31.2. The molecule has 0 fully saturated rings. The quantitative estimate of drug-likeness (QED) is 0.395. The zero-order valence-electron chi connectivity index (χ0n) is 5.83. The maximum atomic E-state index is 11.2. The third-order valence-electron chi connectivity index (χ3n) is 1.30. The van der Waals surface area contributed by atoms with E-state index in [4.69, 9.17) is 10.9 Å². The predicted molar refractivity (Wildman–Crippen MR) is 41.0 cm³/mol. The molecule has 1 aliphatic heterocycles. The molecule has 1 atom stereocenters. The lowest BCUT2D eigenvalue weighted by atomic mass is 10.4. The fourth-order valence-corrected chi connectivity index (χ4v) is 2.04. The Morgan fingerprint density at radius 3 is 3.00 bits per heavy atom. The van der Waals surface area contributed by atoms with Gasteiger partial charge in [0.15, 0.2) is 5.76 Å². The van der Waals surface area contributed by atoms with Gasteiger partial charge in [0.25, 0.3) is 0 Å². The van der Waals surface area contributed by atoms with Crippen LogP contribution in [0.2, 0.25) is 0 Å². The van der Waals surface area contributed by atoms with Crippen molar-refractivity contribution in [3.05, 3.63) is 11.8 Å². The molecule has 2 nitrogen and oxygen atoms in total. The minimum absolute atomic E-state index is 0.428. The Morgan fingerprint density at radius 2 is 2.60 bits per heavy atom. The third-order valence-corrected chi connectivity index (χ3v) is 2.95. The summed E-state index contributed by atoms with van der Waals surface area (Å²) in [6, 6.07) is 0. The first-order valence-corrected chi connectivity index (χ1v) is 5.33. The van der Waals surface area contributed by atoms with Gasteiger partial charge in [-0.15, -0.1) is 6.42 Å². The first kappa shape index (κ1) is 7.44. The molecule has 0 amide bonds. The molecule has 10 heavy (non-hydrogen) atoms. The zero-order valence-corrected chi connectivity index (χ0v) is 6.73. The molecule has 0 aromatic carbocycles. The van der Waals surface area contributed by atoms with E-state index in [2.05, 4.69) is 5.92 Å². The van der Waals surface area contributed by atoms with E-state index in [-0.39, 0.29) is 0 Å². The highest BCUT2D eigenvalue weighted by molar-refractivity contribution is 7.58. The van der Waals surface area contributed by atoms with Gasteiger partial charge in [0.1, 0.15) is 0 Å². The van der Waals surface area contributed by atoms with Crippen molar-refractivity contribution in [1.82, 2.24) is 0 Å². The van der Waals surface area contributed by atoms with E-state index in [1.165, 1.54) is 0 Å². The van der Waals surface area contributed by atoms with Crippen molar-refractivity contribution in [3.8, 4) is 12.3 Å². The highest BCUT2D eigenvalue weighted by Crippen LogP contribution is 2.47. The molecule has 3 heteroatoms. The van der Waals surface area contributed by atoms with Crippen LogP contribution in [0.4, 0.5) is 0 Å².